The Balaban J connectivity index is 2.97. The predicted octanol–water partition coefficient (Wildman–Crippen LogP) is 1.31. The monoisotopic (exact) mass is 335 g/mol. The molecule has 0 aromatic carbocycles. The third-order valence-electron chi connectivity index (χ3n) is 2.57. The Bertz CT molecular complexity index is 619. The maximum atomic E-state index is 12.1. The van der Waals surface area contributed by atoms with E-state index in [1.165, 1.54) is 12.5 Å². The van der Waals surface area contributed by atoms with Crippen molar-refractivity contribution in [2.75, 3.05) is 7.11 Å². The summed E-state index contributed by atoms with van der Waals surface area (Å²) in [6.07, 6.45) is 0.169. The molecule has 0 fully saturated rings. The van der Waals surface area contributed by atoms with Crippen LogP contribution in [0.15, 0.2) is 16.3 Å². The number of methoxy groups -OCH3 is 1. The molecule has 0 aliphatic carbocycles. The summed E-state index contributed by atoms with van der Waals surface area (Å²) in [4.78, 5) is 22.4. The summed E-state index contributed by atoms with van der Waals surface area (Å²) < 4.78 is 30.9. The van der Waals surface area contributed by atoms with Gasteiger partial charge in [-0.25, -0.2) is 13.2 Å². The second-order valence-corrected chi connectivity index (χ2v) is 7.41. The van der Waals surface area contributed by atoms with Gasteiger partial charge in [-0.2, -0.15) is 4.72 Å². The van der Waals surface area contributed by atoms with Crippen molar-refractivity contribution in [2.45, 2.75) is 31.2 Å². The maximum Gasteiger partial charge on any atom is 0.348 e. The zero-order valence-corrected chi connectivity index (χ0v) is 13.5. The first kappa shape index (κ1) is 17.6. The van der Waals surface area contributed by atoms with Gasteiger partial charge in [0.25, 0.3) is 0 Å². The highest BCUT2D eigenvalue weighted by molar-refractivity contribution is 7.89. The molecule has 0 saturated carbocycles. The van der Waals surface area contributed by atoms with Crippen molar-refractivity contribution >= 4 is 33.3 Å². The van der Waals surface area contributed by atoms with Gasteiger partial charge in [0.2, 0.25) is 10.0 Å². The molecule has 9 heteroatoms. The van der Waals surface area contributed by atoms with Gasteiger partial charge in [0, 0.05) is 5.38 Å². The van der Waals surface area contributed by atoms with Crippen molar-refractivity contribution in [3.63, 3.8) is 0 Å². The Kier molecular flexibility index (Phi) is 5.87. The highest BCUT2D eigenvalue weighted by Gasteiger charge is 2.27. The molecule has 0 radical (unpaired) electrons. The van der Waals surface area contributed by atoms with Crippen LogP contribution in [0.5, 0.6) is 0 Å². The van der Waals surface area contributed by atoms with Gasteiger partial charge in [-0.3, -0.25) is 4.79 Å². The molecule has 1 heterocycles. The number of carbonyl (C=O) groups excluding carboxylic acids is 1. The van der Waals surface area contributed by atoms with E-state index in [9.17, 15) is 18.0 Å². The van der Waals surface area contributed by atoms with Crippen LogP contribution in [0.1, 0.15) is 29.9 Å². The Morgan fingerprint density at radius 3 is 2.52 bits per heavy atom. The van der Waals surface area contributed by atoms with E-state index >= 15 is 0 Å². The molecule has 7 nitrogen and oxygen atoms in total. The number of carbonyl (C=O) groups is 2. The molecule has 1 rings (SSSR count). The molecule has 0 saturated heterocycles. The van der Waals surface area contributed by atoms with Crippen LogP contribution in [-0.2, 0) is 19.6 Å². The number of aliphatic carboxylic acids is 1. The fourth-order valence-electron chi connectivity index (χ4n) is 1.59. The molecule has 1 aromatic heterocycles. The Labute approximate surface area is 127 Å². The molecule has 2 N–H and O–H groups in total. The topological polar surface area (TPSA) is 110 Å². The van der Waals surface area contributed by atoms with Crippen molar-refractivity contribution in [1.29, 1.82) is 0 Å². The lowest BCUT2D eigenvalue weighted by Crippen LogP contribution is -2.41. The lowest BCUT2D eigenvalue weighted by Gasteiger charge is -2.15. The Morgan fingerprint density at radius 2 is 2.05 bits per heavy atom. The molecule has 1 atom stereocenters. The van der Waals surface area contributed by atoms with Gasteiger partial charge in [-0.1, -0.05) is 13.8 Å². The molecule has 0 aliphatic heterocycles. The van der Waals surface area contributed by atoms with E-state index in [1.807, 2.05) is 0 Å². The lowest BCUT2D eigenvalue weighted by atomic mass is 10.1. The molecule has 1 aromatic rings. The lowest BCUT2D eigenvalue weighted by molar-refractivity contribution is -0.139. The minimum absolute atomic E-state index is 0.0157. The standard InChI is InChI=1S/C12H17NO6S2/c1-7(2)4-9(11(14)15)13-21(17,18)8-5-10(20-6-8)12(16)19-3/h5-7,9,13H,4H2,1-3H3,(H,14,15)/t9-/m0/s1. The fraction of sp³-hybridized carbons (Fsp3) is 0.500. The van der Waals surface area contributed by atoms with E-state index in [-0.39, 0.29) is 22.1 Å². The zero-order valence-electron chi connectivity index (χ0n) is 11.8. The van der Waals surface area contributed by atoms with Crippen LogP contribution in [0.2, 0.25) is 0 Å². The Morgan fingerprint density at radius 1 is 1.43 bits per heavy atom. The van der Waals surface area contributed by atoms with Gasteiger partial charge >= 0.3 is 11.9 Å². The number of carboxylic acids is 1. The highest BCUT2D eigenvalue weighted by atomic mass is 32.2. The van der Waals surface area contributed by atoms with Crippen molar-refractivity contribution in [3.05, 3.63) is 16.3 Å². The summed E-state index contributed by atoms with van der Waals surface area (Å²) in [5, 5.41) is 10.3. The molecular weight excluding hydrogens is 318 g/mol. The number of esters is 1. The molecule has 0 unspecified atom stereocenters. The SMILES string of the molecule is COC(=O)c1cc(S(=O)(=O)N[C@@H](CC(C)C)C(=O)O)cs1. The van der Waals surface area contributed by atoms with Crippen molar-refractivity contribution in [2.24, 2.45) is 5.92 Å². The van der Waals surface area contributed by atoms with Crippen LogP contribution in [0.4, 0.5) is 0 Å². The van der Waals surface area contributed by atoms with Crippen molar-refractivity contribution in [1.82, 2.24) is 4.72 Å². The van der Waals surface area contributed by atoms with E-state index < -0.39 is 28.0 Å². The van der Waals surface area contributed by atoms with Crippen LogP contribution in [0.3, 0.4) is 0 Å². The molecule has 118 valence electrons. The van der Waals surface area contributed by atoms with Crippen LogP contribution < -0.4 is 4.72 Å². The van der Waals surface area contributed by atoms with Crippen LogP contribution >= 0.6 is 11.3 Å². The molecule has 0 bridgehead atoms. The quantitative estimate of drug-likeness (QED) is 0.727. The summed E-state index contributed by atoms with van der Waals surface area (Å²) in [6, 6.07) is -0.0518. The minimum atomic E-state index is -4.00. The summed E-state index contributed by atoms with van der Waals surface area (Å²) in [7, 11) is -2.81. The van der Waals surface area contributed by atoms with Gasteiger partial charge in [-0.05, 0) is 18.4 Å². The minimum Gasteiger partial charge on any atom is -0.480 e. The van der Waals surface area contributed by atoms with E-state index in [0.29, 0.717) is 0 Å². The van der Waals surface area contributed by atoms with E-state index in [2.05, 4.69) is 9.46 Å². The van der Waals surface area contributed by atoms with Gasteiger partial charge in [0.1, 0.15) is 10.9 Å². The molecular formula is C12H17NO6S2. The normalized spacial score (nSPS) is 13.1. The first-order chi connectivity index (χ1) is 9.67. The van der Waals surface area contributed by atoms with Crippen molar-refractivity contribution in [3.8, 4) is 0 Å². The third kappa shape index (κ3) is 4.80. The number of carboxylic acid groups (broad SMARTS) is 1. The van der Waals surface area contributed by atoms with Crippen molar-refractivity contribution < 1.29 is 27.9 Å². The second-order valence-electron chi connectivity index (χ2n) is 4.78. The van der Waals surface area contributed by atoms with Crippen LogP contribution in [0.25, 0.3) is 0 Å². The summed E-state index contributed by atoms with van der Waals surface area (Å²) in [5.41, 5.74) is 0. The number of hydrogen-bond donors (Lipinski definition) is 2. The number of nitrogens with one attached hydrogen (secondary N) is 1. The molecule has 21 heavy (non-hydrogen) atoms. The van der Waals surface area contributed by atoms with Crippen LogP contribution in [-0.4, -0.2) is 38.6 Å². The van der Waals surface area contributed by atoms with Crippen LogP contribution in [0, 0.1) is 5.92 Å². The number of hydrogen-bond acceptors (Lipinski definition) is 6. The van der Waals surface area contributed by atoms with E-state index in [4.69, 9.17) is 5.11 Å². The number of rotatable bonds is 7. The smallest absolute Gasteiger partial charge is 0.348 e. The third-order valence-corrected chi connectivity index (χ3v) is 5.09. The summed E-state index contributed by atoms with van der Waals surface area (Å²) in [6.45, 7) is 3.59. The van der Waals surface area contributed by atoms with E-state index in [1.54, 1.807) is 13.8 Å². The number of thiophene rings is 1. The van der Waals surface area contributed by atoms with Gasteiger partial charge in [0.15, 0.2) is 0 Å². The first-order valence-electron chi connectivity index (χ1n) is 6.09. The summed E-state index contributed by atoms with van der Waals surface area (Å²) >= 11 is 0.917. The number of ether oxygens (including phenoxy) is 1. The second kappa shape index (κ2) is 7.01. The Hall–Kier alpha value is -1.45. The largest absolute Gasteiger partial charge is 0.480 e. The average Bonchev–Trinajstić information content (AvgIpc) is 2.86. The fourth-order valence-corrected chi connectivity index (χ4v) is 3.99. The zero-order chi connectivity index (χ0) is 16.2. The molecule has 0 spiro atoms. The van der Waals surface area contributed by atoms with Gasteiger partial charge in [0.05, 0.1) is 12.0 Å². The average molecular weight is 335 g/mol. The van der Waals surface area contributed by atoms with E-state index in [0.717, 1.165) is 17.4 Å². The number of sulfonamides is 1. The highest BCUT2D eigenvalue weighted by Crippen LogP contribution is 2.20. The molecule has 0 amide bonds. The predicted molar refractivity (Wildman–Crippen MR) is 76.9 cm³/mol. The summed E-state index contributed by atoms with van der Waals surface area (Å²) in [5.74, 6) is -1.86. The van der Waals surface area contributed by atoms with Gasteiger partial charge < -0.3 is 9.84 Å². The first-order valence-corrected chi connectivity index (χ1v) is 8.45. The molecule has 0 aliphatic rings. The van der Waals surface area contributed by atoms with Gasteiger partial charge in [-0.15, -0.1) is 11.3 Å². The maximum absolute atomic E-state index is 12.1.